The normalized spacial score (nSPS) is 18.6. The van der Waals surface area contributed by atoms with Crippen LogP contribution in [0, 0.1) is 0 Å². The molecule has 0 bridgehead atoms. The van der Waals surface area contributed by atoms with Crippen LogP contribution in [0.2, 0.25) is 0 Å². The van der Waals surface area contributed by atoms with Crippen molar-refractivity contribution in [1.82, 2.24) is 9.97 Å². The summed E-state index contributed by atoms with van der Waals surface area (Å²) in [6.07, 6.45) is 7.32. The van der Waals surface area contributed by atoms with E-state index in [0.717, 1.165) is 25.7 Å². The molecule has 1 fully saturated rings. The van der Waals surface area contributed by atoms with Crippen molar-refractivity contribution >= 4 is 5.82 Å². The van der Waals surface area contributed by atoms with Gasteiger partial charge in [0.25, 0.3) is 5.56 Å². The number of rotatable bonds is 4. The Bertz CT molecular complexity index is 464. The van der Waals surface area contributed by atoms with E-state index in [4.69, 9.17) is 4.74 Å². The Kier molecular flexibility index (Phi) is 4.42. The molecular weight excluding hydrogens is 246 g/mol. The van der Waals surface area contributed by atoms with E-state index in [1.54, 1.807) is 0 Å². The molecule has 19 heavy (non-hydrogen) atoms. The highest BCUT2D eigenvalue weighted by Gasteiger charge is 2.28. The van der Waals surface area contributed by atoms with Gasteiger partial charge in [-0.1, -0.05) is 25.7 Å². The Hall–Kier alpha value is -1.56. The summed E-state index contributed by atoms with van der Waals surface area (Å²) < 4.78 is 5.02. The van der Waals surface area contributed by atoms with Gasteiger partial charge in [-0.15, -0.1) is 0 Å². The number of aromatic amines is 1. The fraction of sp³-hybridized carbons (Fsp3) is 0.692. The Morgan fingerprint density at radius 3 is 2.74 bits per heavy atom. The van der Waals surface area contributed by atoms with Crippen molar-refractivity contribution in [2.45, 2.75) is 44.1 Å². The van der Waals surface area contributed by atoms with Crippen LogP contribution in [0.25, 0.3) is 0 Å². The van der Waals surface area contributed by atoms with Gasteiger partial charge in [0.1, 0.15) is 0 Å². The van der Waals surface area contributed by atoms with Crippen molar-refractivity contribution in [3.05, 3.63) is 16.7 Å². The maximum atomic E-state index is 11.5. The van der Waals surface area contributed by atoms with Gasteiger partial charge in [0, 0.05) is 6.54 Å². The molecule has 0 amide bonds. The average Bonchev–Trinajstić information content (AvgIpc) is 2.62. The molecule has 0 radical (unpaired) electrons. The standard InChI is InChI=1S/C13H21N3O3/c1-19-10-11(15-9-16-12(10)17)14-8-13(18)6-4-2-3-5-7-13/h9,18H,2-8H2,1H3,(H2,14,15,16,17). The summed E-state index contributed by atoms with van der Waals surface area (Å²) >= 11 is 0. The third-order valence-corrected chi connectivity index (χ3v) is 3.63. The first kappa shape index (κ1) is 13.9. The van der Waals surface area contributed by atoms with E-state index in [9.17, 15) is 9.90 Å². The van der Waals surface area contributed by atoms with Crippen molar-refractivity contribution < 1.29 is 9.84 Å². The lowest BCUT2D eigenvalue weighted by Gasteiger charge is -2.27. The summed E-state index contributed by atoms with van der Waals surface area (Å²) in [5.74, 6) is 0.531. The third kappa shape index (κ3) is 3.47. The van der Waals surface area contributed by atoms with E-state index in [1.165, 1.54) is 26.3 Å². The molecular formula is C13H21N3O3. The maximum absolute atomic E-state index is 11.5. The summed E-state index contributed by atoms with van der Waals surface area (Å²) in [5.41, 5.74) is -1.04. The first-order valence-corrected chi connectivity index (χ1v) is 6.72. The Labute approximate surface area is 112 Å². The number of methoxy groups -OCH3 is 1. The second kappa shape index (κ2) is 6.06. The lowest BCUT2D eigenvalue weighted by atomic mass is 9.94. The summed E-state index contributed by atoms with van der Waals surface area (Å²) in [5, 5.41) is 13.6. The molecule has 1 aromatic rings. The highest BCUT2D eigenvalue weighted by molar-refractivity contribution is 5.48. The van der Waals surface area contributed by atoms with Crippen LogP contribution in [-0.2, 0) is 0 Å². The van der Waals surface area contributed by atoms with Crippen molar-refractivity contribution in [3.8, 4) is 5.75 Å². The van der Waals surface area contributed by atoms with Gasteiger partial charge in [0.15, 0.2) is 5.82 Å². The minimum atomic E-state index is -0.716. The van der Waals surface area contributed by atoms with Crippen LogP contribution in [-0.4, -0.2) is 34.3 Å². The molecule has 6 nitrogen and oxygen atoms in total. The second-order valence-corrected chi connectivity index (χ2v) is 5.11. The van der Waals surface area contributed by atoms with Crippen LogP contribution in [0.3, 0.4) is 0 Å². The third-order valence-electron chi connectivity index (χ3n) is 3.63. The van der Waals surface area contributed by atoms with Gasteiger partial charge in [0.05, 0.1) is 19.0 Å². The predicted molar refractivity (Wildman–Crippen MR) is 72.6 cm³/mol. The van der Waals surface area contributed by atoms with Gasteiger partial charge in [0.2, 0.25) is 5.75 Å². The molecule has 6 heteroatoms. The summed E-state index contributed by atoms with van der Waals surface area (Å²) in [6.45, 7) is 0.389. The lowest BCUT2D eigenvalue weighted by molar-refractivity contribution is 0.0380. The van der Waals surface area contributed by atoms with Crippen molar-refractivity contribution in [1.29, 1.82) is 0 Å². The summed E-state index contributed by atoms with van der Waals surface area (Å²) in [6, 6.07) is 0. The van der Waals surface area contributed by atoms with E-state index >= 15 is 0 Å². The predicted octanol–water partition coefficient (Wildman–Crippen LogP) is 1.28. The highest BCUT2D eigenvalue weighted by atomic mass is 16.5. The average molecular weight is 267 g/mol. The van der Waals surface area contributed by atoms with Crippen molar-refractivity contribution in [2.24, 2.45) is 0 Å². The van der Waals surface area contributed by atoms with E-state index in [2.05, 4.69) is 15.3 Å². The fourth-order valence-corrected chi connectivity index (χ4v) is 2.51. The van der Waals surface area contributed by atoms with Gasteiger partial charge >= 0.3 is 0 Å². The number of H-pyrrole nitrogens is 1. The van der Waals surface area contributed by atoms with E-state index in [0.29, 0.717) is 12.4 Å². The molecule has 1 aliphatic rings. The first-order chi connectivity index (χ1) is 9.14. The molecule has 0 saturated heterocycles. The Balaban J connectivity index is 2.05. The van der Waals surface area contributed by atoms with Crippen LogP contribution in [0.15, 0.2) is 11.1 Å². The quantitative estimate of drug-likeness (QED) is 0.715. The number of ether oxygens (including phenoxy) is 1. The molecule has 0 aromatic carbocycles. The molecule has 0 atom stereocenters. The molecule has 0 unspecified atom stereocenters. The van der Waals surface area contributed by atoms with Gasteiger partial charge in [-0.25, -0.2) is 4.98 Å². The molecule has 0 aliphatic heterocycles. The van der Waals surface area contributed by atoms with Crippen LogP contribution in [0.5, 0.6) is 5.75 Å². The molecule has 1 saturated carbocycles. The topological polar surface area (TPSA) is 87.2 Å². The summed E-state index contributed by atoms with van der Waals surface area (Å²) in [7, 11) is 1.43. The molecule has 2 rings (SSSR count). The smallest absolute Gasteiger partial charge is 0.295 e. The SMILES string of the molecule is COc1c(NCC2(O)CCCCCC2)nc[nH]c1=O. The van der Waals surface area contributed by atoms with Gasteiger partial charge in [-0.3, -0.25) is 4.79 Å². The first-order valence-electron chi connectivity index (χ1n) is 6.72. The molecule has 1 aromatic heterocycles. The van der Waals surface area contributed by atoms with Crippen LogP contribution in [0.4, 0.5) is 5.82 Å². The number of anilines is 1. The molecule has 1 heterocycles. The Morgan fingerprint density at radius 1 is 1.42 bits per heavy atom. The number of nitrogens with zero attached hydrogens (tertiary/aromatic N) is 1. The van der Waals surface area contributed by atoms with E-state index in [-0.39, 0.29) is 11.3 Å². The van der Waals surface area contributed by atoms with Crippen LogP contribution in [0.1, 0.15) is 38.5 Å². The molecule has 1 aliphatic carbocycles. The Morgan fingerprint density at radius 2 is 2.11 bits per heavy atom. The molecule has 106 valence electrons. The van der Waals surface area contributed by atoms with E-state index in [1.807, 2.05) is 0 Å². The largest absolute Gasteiger partial charge is 0.489 e. The van der Waals surface area contributed by atoms with Crippen LogP contribution >= 0.6 is 0 Å². The van der Waals surface area contributed by atoms with Crippen molar-refractivity contribution in [2.75, 3.05) is 19.0 Å². The second-order valence-electron chi connectivity index (χ2n) is 5.11. The number of hydrogen-bond acceptors (Lipinski definition) is 5. The minimum Gasteiger partial charge on any atom is -0.489 e. The number of hydrogen-bond donors (Lipinski definition) is 3. The van der Waals surface area contributed by atoms with Gasteiger partial charge in [-0.05, 0) is 12.8 Å². The number of aromatic nitrogens is 2. The van der Waals surface area contributed by atoms with E-state index < -0.39 is 5.60 Å². The highest BCUT2D eigenvalue weighted by Crippen LogP contribution is 2.27. The number of nitrogens with one attached hydrogen (secondary N) is 2. The zero-order chi connectivity index (χ0) is 13.7. The maximum Gasteiger partial charge on any atom is 0.295 e. The summed E-state index contributed by atoms with van der Waals surface area (Å²) in [4.78, 5) is 18.0. The zero-order valence-corrected chi connectivity index (χ0v) is 11.2. The number of aliphatic hydroxyl groups is 1. The van der Waals surface area contributed by atoms with Crippen LogP contribution < -0.4 is 15.6 Å². The molecule has 3 N–H and O–H groups in total. The minimum absolute atomic E-state index is 0.153. The van der Waals surface area contributed by atoms with Gasteiger partial charge < -0.3 is 20.1 Å². The zero-order valence-electron chi connectivity index (χ0n) is 11.2. The van der Waals surface area contributed by atoms with Crippen molar-refractivity contribution in [3.63, 3.8) is 0 Å². The lowest BCUT2D eigenvalue weighted by Crippen LogP contribution is -2.36. The fourth-order valence-electron chi connectivity index (χ4n) is 2.51. The van der Waals surface area contributed by atoms with Gasteiger partial charge in [-0.2, -0.15) is 0 Å². The monoisotopic (exact) mass is 267 g/mol. The molecule has 0 spiro atoms.